The van der Waals surface area contributed by atoms with Crippen LogP contribution >= 0.6 is 0 Å². The minimum Gasteiger partial charge on any atom is -0.393 e. The summed E-state index contributed by atoms with van der Waals surface area (Å²) >= 11 is 0. The van der Waals surface area contributed by atoms with Gasteiger partial charge in [0.2, 0.25) is 0 Å². The first kappa shape index (κ1) is 12.0. The average molecular weight is 200 g/mol. The second kappa shape index (κ2) is 4.60. The largest absolute Gasteiger partial charge is 0.393 e. The van der Waals surface area contributed by atoms with Gasteiger partial charge in [-0.05, 0) is 46.0 Å². The number of nitrogens with two attached hydrogens (primary N) is 1. The summed E-state index contributed by atoms with van der Waals surface area (Å²) in [5.41, 5.74) is 5.88. The Bertz CT molecular complexity index is 180. The molecular formula is C11H24N2O. The normalized spacial score (nSPS) is 25.5. The van der Waals surface area contributed by atoms with Crippen LogP contribution in [-0.2, 0) is 0 Å². The van der Waals surface area contributed by atoms with E-state index in [9.17, 15) is 5.11 Å². The molecule has 0 amide bonds. The number of hydrogen-bond acceptors (Lipinski definition) is 3. The number of aliphatic hydroxyl groups is 1. The van der Waals surface area contributed by atoms with Crippen molar-refractivity contribution in [2.24, 2.45) is 11.7 Å². The van der Waals surface area contributed by atoms with Crippen LogP contribution in [0.25, 0.3) is 0 Å². The van der Waals surface area contributed by atoms with E-state index in [1.165, 1.54) is 12.8 Å². The molecule has 1 aliphatic carbocycles. The highest BCUT2D eigenvalue weighted by Gasteiger charge is 2.40. The minimum atomic E-state index is -0.237. The highest BCUT2D eigenvalue weighted by Crippen LogP contribution is 2.39. The third-order valence-electron chi connectivity index (χ3n) is 3.17. The second-order valence-electron chi connectivity index (χ2n) is 5.03. The van der Waals surface area contributed by atoms with Gasteiger partial charge in [0, 0.05) is 18.1 Å². The first-order valence-corrected chi connectivity index (χ1v) is 5.64. The van der Waals surface area contributed by atoms with Crippen molar-refractivity contribution in [3.63, 3.8) is 0 Å². The molecule has 0 spiro atoms. The molecule has 0 aromatic rings. The molecule has 3 heteroatoms. The van der Waals surface area contributed by atoms with Gasteiger partial charge in [-0.15, -0.1) is 0 Å². The molecule has 0 heterocycles. The molecule has 0 aromatic carbocycles. The number of aliphatic hydroxyl groups excluding tert-OH is 1. The average Bonchev–Trinajstić information content (AvgIpc) is 2.84. The van der Waals surface area contributed by atoms with Crippen LogP contribution in [-0.4, -0.2) is 29.3 Å². The van der Waals surface area contributed by atoms with Gasteiger partial charge in [-0.25, -0.2) is 0 Å². The van der Waals surface area contributed by atoms with Crippen LogP contribution in [0.3, 0.4) is 0 Å². The van der Waals surface area contributed by atoms with Crippen LogP contribution in [0, 0.1) is 5.92 Å². The molecule has 3 atom stereocenters. The molecule has 84 valence electrons. The molecule has 0 aliphatic heterocycles. The summed E-state index contributed by atoms with van der Waals surface area (Å²) < 4.78 is 0. The van der Waals surface area contributed by atoms with E-state index in [1.54, 1.807) is 0 Å². The predicted molar refractivity (Wildman–Crippen MR) is 59.1 cm³/mol. The molecule has 0 saturated heterocycles. The topological polar surface area (TPSA) is 58.3 Å². The molecule has 1 fully saturated rings. The van der Waals surface area contributed by atoms with Crippen molar-refractivity contribution in [3.05, 3.63) is 0 Å². The van der Waals surface area contributed by atoms with Gasteiger partial charge >= 0.3 is 0 Å². The molecular weight excluding hydrogens is 176 g/mol. The monoisotopic (exact) mass is 200 g/mol. The minimum absolute atomic E-state index is 0.0777. The van der Waals surface area contributed by atoms with E-state index < -0.39 is 0 Å². The van der Waals surface area contributed by atoms with E-state index in [1.807, 2.05) is 6.92 Å². The Morgan fingerprint density at radius 2 is 2.07 bits per heavy atom. The molecule has 0 bridgehead atoms. The maximum Gasteiger partial charge on any atom is 0.0526 e. The Morgan fingerprint density at radius 1 is 1.50 bits per heavy atom. The molecule has 1 rings (SSSR count). The zero-order chi connectivity index (χ0) is 10.8. The van der Waals surface area contributed by atoms with Gasteiger partial charge in [0.15, 0.2) is 0 Å². The first-order valence-electron chi connectivity index (χ1n) is 5.64. The Labute approximate surface area is 87.1 Å². The highest BCUT2D eigenvalue weighted by molar-refractivity contribution is 4.99. The second-order valence-corrected chi connectivity index (χ2v) is 5.03. The van der Waals surface area contributed by atoms with Gasteiger partial charge in [0.25, 0.3) is 0 Å². The van der Waals surface area contributed by atoms with Crippen molar-refractivity contribution in [2.45, 2.75) is 57.7 Å². The van der Waals surface area contributed by atoms with E-state index in [-0.39, 0.29) is 11.6 Å². The Kier molecular flexibility index (Phi) is 3.93. The molecule has 0 aromatic heterocycles. The third kappa shape index (κ3) is 3.23. The fraction of sp³-hybridized carbons (Fsp3) is 1.00. The fourth-order valence-electron chi connectivity index (χ4n) is 2.20. The Morgan fingerprint density at radius 3 is 2.43 bits per heavy atom. The van der Waals surface area contributed by atoms with E-state index in [2.05, 4.69) is 19.2 Å². The first-order chi connectivity index (χ1) is 6.48. The quantitative estimate of drug-likeness (QED) is 0.596. The van der Waals surface area contributed by atoms with Gasteiger partial charge in [-0.2, -0.15) is 0 Å². The summed E-state index contributed by atoms with van der Waals surface area (Å²) in [6.07, 6.45) is 3.14. The summed E-state index contributed by atoms with van der Waals surface area (Å²) in [6, 6.07) is 0.337. The van der Waals surface area contributed by atoms with Crippen LogP contribution in [0.2, 0.25) is 0 Å². The lowest BCUT2D eigenvalue weighted by molar-refractivity contribution is 0.157. The smallest absolute Gasteiger partial charge is 0.0526 e. The lowest BCUT2D eigenvalue weighted by Gasteiger charge is -2.33. The molecule has 14 heavy (non-hydrogen) atoms. The van der Waals surface area contributed by atoms with Gasteiger partial charge in [0.1, 0.15) is 0 Å². The van der Waals surface area contributed by atoms with Crippen LogP contribution in [0.1, 0.15) is 40.0 Å². The van der Waals surface area contributed by atoms with Crippen molar-refractivity contribution in [2.75, 3.05) is 6.54 Å². The van der Waals surface area contributed by atoms with Gasteiger partial charge in [-0.3, -0.25) is 0 Å². The van der Waals surface area contributed by atoms with E-state index in [0.29, 0.717) is 12.6 Å². The predicted octanol–water partition coefficient (Wildman–Crippen LogP) is 0.863. The molecule has 3 unspecified atom stereocenters. The van der Waals surface area contributed by atoms with Crippen molar-refractivity contribution in [1.29, 1.82) is 0 Å². The van der Waals surface area contributed by atoms with Crippen LogP contribution in [0.15, 0.2) is 0 Å². The Hall–Kier alpha value is -0.120. The molecule has 1 aliphatic rings. The van der Waals surface area contributed by atoms with Crippen LogP contribution in [0.5, 0.6) is 0 Å². The van der Waals surface area contributed by atoms with E-state index in [4.69, 9.17) is 5.73 Å². The lowest BCUT2D eigenvalue weighted by atomic mass is 9.94. The maximum absolute atomic E-state index is 9.28. The van der Waals surface area contributed by atoms with Gasteiger partial charge in [0.05, 0.1) is 6.10 Å². The van der Waals surface area contributed by atoms with Crippen molar-refractivity contribution >= 4 is 0 Å². The van der Waals surface area contributed by atoms with Crippen LogP contribution < -0.4 is 11.1 Å². The maximum atomic E-state index is 9.28. The van der Waals surface area contributed by atoms with Crippen molar-refractivity contribution in [3.8, 4) is 0 Å². The van der Waals surface area contributed by atoms with E-state index in [0.717, 1.165) is 12.3 Å². The molecule has 0 radical (unpaired) electrons. The number of nitrogens with one attached hydrogen (secondary N) is 1. The zero-order valence-corrected chi connectivity index (χ0v) is 9.59. The molecule has 3 nitrogen and oxygen atoms in total. The number of rotatable bonds is 6. The van der Waals surface area contributed by atoms with Gasteiger partial charge < -0.3 is 16.2 Å². The highest BCUT2D eigenvalue weighted by atomic mass is 16.3. The Balaban J connectivity index is 2.39. The van der Waals surface area contributed by atoms with E-state index >= 15 is 0 Å². The summed E-state index contributed by atoms with van der Waals surface area (Å²) in [4.78, 5) is 0. The fourth-order valence-corrected chi connectivity index (χ4v) is 2.20. The summed E-state index contributed by atoms with van der Waals surface area (Å²) in [6.45, 7) is 6.82. The van der Waals surface area contributed by atoms with Crippen LogP contribution in [0.4, 0.5) is 0 Å². The SMILES string of the molecule is CC(O)CC(C)NC(C)(CN)C1CC1. The molecule has 4 N–H and O–H groups in total. The van der Waals surface area contributed by atoms with Gasteiger partial charge in [-0.1, -0.05) is 0 Å². The zero-order valence-electron chi connectivity index (χ0n) is 9.59. The molecule has 1 saturated carbocycles. The third-order valence-corrected chi connectivity index (χ3v) is 3.17. The van der Waals surface area contributed by atoms with Crippen molar-refractivity contribution in [1.82, 2.24) is 5.32 Å². The summed E-state index contributed by atoms with van der Waals surface area (Å²) in [7, 11) is 0. The van der Waals surface area contributed by atoms with Crippen molar-refractivity contribution < 1.29 is 5.11 Å². The summed E-state index contributed by atoms with van der Waals surface area (Å²) in [5, 5.41) is 12.8. The summed E-state index contributed by atoms with van der Waals surface area (Å²) in [5.74, 6) is 0.740. The standard InChI is InChI=1S/C11H24N2O/c1-8(6-9(2)14)13-11(3,7-12)10-4-5-10/h8-10,13-14H,4-7,12H2,1-3H3. The number of hydrogen-bond donors (Lipinski definition) is 3. The lowest BCUT2D eigenvalue weighted by Crippen LogP contribution is -2.54.